The van der Waals surface area contributed by atoms with Gasteiger partial charge in [-0.05, 0) is 47.7 Å². The van der Waals surface area contributed by atoms with Crippen molar-refractivity contribution in [3.63, 3.8) is 0 Å². The SMILES string of the molecule is O=C(CN1C(=O)SC(=Cc2cccc(OC(F)(F)F)c2)C1=O)N1CCN(c2ccccc2)CC1. The number of alkyl halides is 3. The lowest BCUT2D eigenvalue weighted by Gasteiger charge is -2.36. The van der Waals surface area contributed by atoms with E-state index in [-0.39, 0.29) is 22.9 Å². The number of ether oxygens (including phenoxy) is 1. The smallest absolute Gasteiger partial charge is 0.406 e. The van der Waals surface area contributed by atoms with Crippen molar-refractivity contribution in [2.75, 3.05) is 37.6 Å². The Balaban J connectivity index is 1.37. The molecule has 2 saturated heterocycles. The summed E-state index contributed by atoms with van der Waals surface area (Å²) in [5, 5.41) is -0.602. The molecule has 0 saturated carbocycles. The number of hydrogen-bond acceptors (Lipinski definition) is 6. The van der Waals surface area contributed by atoms with E-state index in [2.05, 4.69) is 9.64 Å². The van der Waals surface area contributed by atoms with Gasteiger partial charge in [0.2, 0.25) is 5.91 Å². The Bertz CT molecular complexity index is 1120. The number of para-hydroxylation sites is 1. The van der Waals surface area contributed by atoms with Gasteiger partial charge >= 0.3 is 6.36 Å². The van der Waals surface area contributed by atoms with E-state index in [0.717, 1.165) is 22.7 Å². The second-order valence-electron chi connectivity index (χ2n) is 7.59. The number of piperazine rings is 1. The molecule has 7 nitrogen and oxygen atoms in total. The predicted octanol–water partition coefficient (Wildman–Crippen LogP) is 3.97. The van der Waals surface area contributed by atoms with E-state index in [4.69, 9.17) is 0 Å². The largest absolute Gasteiger partial charge is 0.573 e. The highest BCUT2D eigenvalue weighted by molar-refractivity contribution is 8.18. The molecule has 2 aromatic carbocycles. The maximum absolute atomic E-state index is 12.7. The van der Waals surface area contributed by atoms with Gasteiger partial charge in [-0.15, -0.1) is 13.2 Å². The zero-order valence-electron chi connectivity index (χ0n) is 17.8. The molecule has 2 heterocycles. The van der Waals surface area contributed by atoms with Gasteiger partial charge in [-0.2, -0.15) is 0 Å². The summed E-state index contributed by atoms with van der Waals surface area (Å²) >= 11 is 0.638. The molecule has 0 bridgehead atoms. The molecule has 0 spiro atoms. The van der Waals surface area contributed by atoms with Crippen molar-refractivity contribution in [2.24, 2.45) is 0 Å². The number of rotatable bonds is 5. The molecule has 0 atom stereocenters. The number of carbonyl (C=O) groups excluding carboxylic acids is 3. The molecule has 178 valence electrons. The Morgan fingerprint density at radius 2 is 1.71 bits per heavy atom. The first-order valence-corrected chi connectivity index (χ1v) is 11.2. The highest BCUT2D eigenvalue weighted by Crippen LogP contribution is 2.33. The second kappa shape index (κ2) is 9.80. The number of anilines is 1. The summed E-state index contributed by atoms with van der Waals surface area (Å²) in [6.45, 7) is 1.81. The van der Waals surface area contributed by atoms with Gasteiger partial charge in [-0.1, -0.05) is 30.3 Å². The molecule has 2 fully saturated rings. The van der Waals surface area contributed by atoms with Crippen LogP contribution in [0.3, 0.4) is 0 Å². The van der Waals surface area contributed by atoms with Crippen LogP contribution >= 0.6 is 11.8 Å². The molecule has 0 aromatic heterocycles. The van der Waals surface area contributed by atoms with Crippen molar-refractivity contribution < 1.29 is 32.3 Å². The van der Waals surface area contributed by atoms with Crippen molar-refractivity contribution in [3.8, 4) is 5.75 Å². The van der Waals surface area contributed by atoms with Crippen LogP contribution in [0.5, 0.6) is 5.75 Å². The van der Waals surface area contributed by atoms with Crippen LogP contribution in [0.15, 0.2) is 59.5 Å². The molecule has 2 aliphatic heterocycles. The molecular formula is C23H20F3N3O4S. The van der Waals surface area contributed by atoms with Crippen LogP contribution in [-0.2, 0) is 9.59 Å². The zero-order chi connectivity index (χ0) is 24.3. The average Bonchev–Trinajstić information content (AvgIpc) is 3.06. The normalized spacial score (nSPS) is 18.1. The van der Waals surface area contributed by atoms with Gasteiger partial charge in [-0.25, -0.2) is 0 Å². The molecule has 0 radical (unpaired) electrons. The van der Waals surface area contributed by atoms with Gasteiger partial charge in [0.1, 0.15) is 12.3 Å². The van der Waals surface area contributed by atoms with Crippen molar-refractivity contribution in [1.82, 2.24) is 9.80 Å². The zero-order valence-corrected chi connectivity index (χ0v) is 18.6. The maximum Gasteiger partial charge on any atom is 0.573 e. The van der Waals surface area contributed by atoms with Gasteiger partial charge in [0.25, 0.3) is 11.1 Å². The lowest BCUT2D eigenvalue weighted by Crippen LogP contribution is -2.51. The highest BCUT2D eigenvalue weighted by Gasteiger charge is 2.37. The van der Waals surface area contributed by atoms with Crippen molar-refractivity contribution >= 4 is 40.6 Å². The lowest BCUT2D eigenvalue weighted by atomic mass is 10.2. The topological polar surface area (TPSA) is 70.2 Å². The number of thioether (sulfide) groups is 1. The Morgan fingerprint density at radius 1 is 1.00 bits per heavy atom. The fourth-order valence-electron chi connectivity index (χ4n) is 3.68. The monoisotopic (exact) mass is 491 g/mol. The molecule has 2 aliphatic rings. The summed E-state index contributed by atoms with van der Waals surface area (Å²) in [5.74, 6) is -1.43. The Hall–Kier alpha value is -3.47. The third kappa shape index (κ3) is 5.71. The lowest BCUT2D eigenvalue weighted by molar-refractivity contribution is -0.274. The molecule has 0 N–H and O–H groups in total. The minimum absolute atomic E-state index is 0.0239. The predicted molar refractivity (Wildman–Crippen MR) is 121 cm³/mol. The summed E-state index contributed by atoms with van der Waals surface area (Å²) in [6, 6.07) is 14.9. The van der Waals surface area contributed by atoms with E-state index in [1.165, 1.54) is 18.2 Å². The Labute approximate surface area is 197 Å². The first kappa shape index (κ1) is 23.7. The van der Waals surface area contributed by atoms with E-state index in [1.54, 1.807) is 4.90 Å². The highest BCUT2D eigenvalue weighted by atomic mass is 32.2. The fraction of sp³-hybridized carbons (Fsp3) is 0.261. The first-order chi connectivity index (χ1) is 16.2. The van der Waals surface area contributed by atoms with E-state index in [9.17, 15) is 27.6 Å². The van der Waals surface area contributed by atoms with Crippen LogP contribution in [0.2, 0.25) is 0 Å². The van der Waals surface area contributed by atoms with E-state index < -0.39 is 23.3 Å². The molecular weight excluding hydrogens is 471 g/mol. The number of carbonyl (C=O) groups is 3. The quantitative estimate of drug-likeness (QED) is 0.590. The number of imide groups is 1. The average molecular weight is 491 g/mol. The molecule has 0 aliphatic carbocycles. The van der Waals surface area contributed by atoms with Crippen LogP contribution in [0.1, 0.15) is 5.56 Å². The van der Waals surface area contributed by atoms with Gasteiger partial charge in [0, 0.05) is 31.9 Å². The summed E-state index contributed by atoms with van der Waals surface area (Å²) in [7, 11) is 0. The molecule has 0 unspecified atom stereocenters. The van der Waals surface area contributed by atoms with Crippen molar-refractivity contribution in [1.29, 1.82) is 0 Å². The molecule has 11 heteroatoms. The van der Waals surface area contributed by atoms with Crippen molar-refractivity contribution in [3.05, 3.63) is 65.1 Å². The number of amides is 3. The Kier molecular flexibility index (Phi) is 6.82. The van der Waals surface area contributed by atoms with Crippen LogP contribution in [0.25, 0.3) is 6.08 Å². The van der Waals surface area contributed by atoms with E-state index >= 15 is 0 Å². The van der Waals surface area contributed by atoms with Gasteiger partial charge in [0.15, 0.2) is 0 Å². The van der Waals surface area contributed by atoms with Gasteiger partial charge in [0.05, 0.1) is 4.91 Å². The molecule has 4 rings (SSSR count). The minimum atomic E-state index is -4.84. The number of halogens is 3. The van der Waals surface area contributed by atoms with Crippen LogP contribution in [0, 0.1) is 0 Å². The summed E-state index contributed by atoms with van der Waals surface area (Å²) in [4.78, 5) is 42.5. The van der Waals surface area contributed by atoms with E-state index in [1.807, 2.05) is 30.3 Å². The number of hydrogen-bond donors (Lipinski definition) is 0. The molecule has 34 heavy (non-hydrogen) atoms. The third-order valence-corrected chi connectivity index (χ3v) is 6.22. The Morgan fingerprint density at radius 3 is 2.38 bits per heavy atom. The second-order valence-corrected chi connectivity index (χ2v) is 8.58. The van der Waals surface area contributed by atoms with Crippen molar-refractivity contribution in [2.45, 2.75) is 6.36 Å². The van der Waals surface area contributed by atoms with Crippen LogP contribution in [-0.4, -0.2) is 65.9 Å². The number of nitrogens with zero attached hydrogens (tertiary/aromatic N) is 3. The summed E-state index contributed by atoms with van der Waals surface area (Å²) < 4.78 is 41.2. The van der Waals surface area contributed by atoms with Gasteiger partial charge in [-0.3, -0.25) is 19.3 Å². The summed E-state index contributed by atoms with van der Waals surface area (Å²) in [6.07, 6.45) is -3.54. The number of benzene rings is 2. The van der Waals surface area contributed by atoms with Crippen LogP contribution in [0.4, 0.5) is 23.7 Å². The van der Waals surface area contributed by atoms with E-state index in [0.29, 0.717) is 37.9 Å². The first-order valence-electron chi connectivity index (χ1n) is 10.4. The standard InChI is InChI=1S/C23H20F3N3O4S/c24-23(25,26)33-18-8-4-5-16(13-18)14-19-21(31)29(22(32)34-19)15-20(30)28-11-9-27(10-12-28)17-6-2-1-3-7-17/h1-8,13-14H,9-12,15H2. The molecule has 3 amide bonds. The fourth-order valence-corrected chi connectivity index (χ4v) is 4.52. The third-order valence-electron chi connectivity index (χ3n) is 5.31. The molecule has 2 aromatic rings. The summed E-state index contributed by atoms with van der Waals surface area (Å²) in [5.41, 5.74) is 1.32. The maximum atomic E-state index is 12.7. The van der Waals surface area contributed by atoms with Gasteiger partial charge < -0.3 is 14.5 Å². The minimum Gasteiger partial charge on any atom is -0.406 e. The van der Waals surface area contributed by atoms with Crippen LogP contribution < -0.4 is 9.64 Å².